The number of fused-ring (bicyclic) bond motifs is 6. The molecule has 0 unspecified atom stereocenters. The summed E-state index contributed by atoms with van der Waals surface area (Å²) in [5.41, 5.74) is 8.14. The molecule has 0 spiro atoms. The maximum atomic E-state index is 11.7. The first kappa shape index (κ1) is 40.5. The number of allylic oxidation sites excluding steroid dienone is 2. The van der Waals surface area contributed by atoms with Gasteiger partial charge in [-0.15, -0.1) is 29.1 Å². The van der Waals surface area contributed by atoms with Crippen LogP contribution in [-0.4, -0.2) is 15.9 Å². The normalized spacial score (nSPS) is 15.5. The summed E-state index contributed by atoms with van der Waals surface area (Å²) in [5, 5.41) is 14.5. The van der Waals surface area contributed by atoms with Gasteiger partial charge in [0.1, 0.15) is 11.2 Å². The Morgan fingerprint density at radius 1 is 0.902 bits per heavy atom. The van der Waals surface area contributed by atoms with Crippen molar-refractivity contribution in [2.24, 2.45) is 11.8 Å². The summed E-state index contributed by atoms with van der Waals surface area (Å²) >= 11 is 0. The molecule has 5 aromatic rings. The predicted octanol–water partition coefficient (Wildman–Crippen LogP) is 13.1. The van der Waals surface area contributed by atoms with Gasteiger partial charge in [-0.2, -0.15) is 0 Å². The zero-order chi connectivity index (χ0) is 36.6. The fraction of sp³-hybridized carbons (Fsp3) is 0.478. The summed E-state index contributed by atoms with van der Waals surface area (Å²) in [6, 6.07) is 21.1. The topological polar surface area (TPSA) is 63.3 Å². The number of carbonyl (C=O) groups is 1. The van der Waals surface area contributed by atoms with E-state index in [2.05, 4.69) is 103 Å². The van der Waals surface area contributed by atoms with Crippen molar-refractivity contribution in [3.8, 4) is 11.3 Å². The molecule has 4 nitrogen and oxygen atoms in total. The molecule has 2 heterocycles. The Bertz CT molecular complexity index is 2030. The van der Waals surface area contributed by atoms with Gasteiger partial charge < -0.3 is 9.52 Å². The van der Waals surface area contributed by atoms with E-state index in [1.165, 1.54) is 46.4 Å². The number of hydrogen-bond donors (Lipinski definition) is 1. The van der Waals surface area contributed by atoms with Crippen LogP contribution in [0.2, 0.25) is 0 Å². The molecular weight excluding hydrogens is 807 g/mol. The molecule has 0 saturated heterocycles. The summed E-state index contributed by atoms with van der Waals surface area (Å²) in [6.45, 7) is 24.4. The summed E-state index contributed by atoms with van der Waals surface area (Å²) in [5.74, 6) is 0.547. The minimum Gasteiger partial charge on any atom is -0.512 e. The molecule has 6 rings (SSSR count). The molecule has 0 atom stereocenters. The molecule has 3 aromatic carbocycles. The second-order valence-electron chi connectivity index (χ2n) is 16.7. The van der Waals surface area contributed by atoms with Gasteiger partial charge in [-0.05, 0) is 78.0 Å². The Balaban J connectivity index is 0.000000312. The van der Waals surface area contributed by atoms with Gasteiger partial charge >= 0.3 is 0 Å². The van der Waals surface area contributed by atoms with Gasteiger partial charge in [-0.25, -0.2) is 0 Å². The van der Waals surface area contributed by atoms with Crippen LogP contribution in [0.1, 0.15) is 131 Å². The van der Waals surface area contributed by atoms with Crippen molar-refractivity contribution in [1.29, 1.82) is 0 Å². The van der Waals surface area contributed by atoms with Crippen LogP contribution in [0, 0.1) is 17.9 Å². The van der Waals surface area contributed by atoms with Crippen LogP contribution in [0.4, 0.5) is 0 Å². The maximum absolute atomic E-state index is 11.7. The van der Waals surface area contributed by atoms with Crippen molar-refractivity contribution in [2.45, 2.75) is 131 Å². The number of furan rings is 1. The average molecular weight is 865 g/mol. The number of pyridine rings is 1. The number of aromatic nitrogens is 1. The number of rotatable bonds is 8. The number of carbonyl (C=O) groups excluding carboxylic acids is 1. The first-order valence-corrected chi connectivity index (χ1v) is 18.8. The molecule has 1 N–H and O–H groups in total. The molecule has 275 valence electrons. The minimum absolute atomic E-state index is 0. The number of aliphatic hydroxyl groups is 1. The molecule has 0 bridgehead atoms. The fourth-order valence-corrected chi connectivity index (χ4v) is 7.90. The van der Waals surface area contributed by atoms with Crippen molar-refractivity contribution in [1.82, 2.24) is 4.98 Å². The molecule has 1 aliphatic rings. The Morgan fingerprint density at radius 3 is 2.16 bits per heavy atom. The van der Waals surface area contributed by atoms with E-state index in [4.69, 9.17) is 9.40 Å². The third kappa shape index (κ3) is 8.06. The van der Waals surface area contributed by atoms with Crippen molar-refractivity contribution in [3.63, 3.8) is 0 Å². The van der Waals surface area contributed by atoms with Crippen LogP contribution in [-0.2, 0) is 41.1 Å². The Hall–Kier alpha value is -3.27. The van der Waals surface area contributed by atoms with E-state index in [-0.39, 0.29) is 59.7 Å². The third-order valence-corrected chi connectivity index (χ3v) is 11.3. The first-order chi connectivity index (χ1) is 23.6. The van der Waals surface area contributed by atoms with Crippen LogP contribution in [0.15, 0.2) is 71.0 Å². The molecule has 2 aromatic heterocycles. The summed E-state index contributed by atoms with van der Waals surface area (Å²) in [7, 11) is 0. The molecule has 0 amide bonds. The molecule has 51 heavy (non-hydrogen) atoms. The predicted molar refractivity (Wildman–Crippen MR) is 211 cm³/mol. The molecular formula is C46H58IrNO3-. The number of nitrogens with zero attached hydrogens (tertiary/aromatic N) is 1. The second kappa shape index (κ2) is 15.8. The van der Waals surface area contributed by atoms with E-state index < -0.39 is 0 Å². The monoisotopic (exact) mass is 865 g/mol. The smallest absolute Gasteiger partial charge is 0.162 e. The molecule has 0 fully saturated rings. The SMILES string of the molecule is CC(C)(C)c1cc(-c2nccc3c2oc2ccc4c(c23)C(C)(C)CCC4(C)C)[c-]c2ccccc12.CCC(CC)C(=O)/C=C(\O)C(CC)CC.[Ir]. The fourth-order valence-electron chi connectivity index (χ4n) is 7.90. The first-order valence-electron chi connectivity index (χ1n) is 18.8. The molecule has 0 aliphatic heterocycles. The minimum atomic E-state index is -0.0000928. The van der Waals surface area contributed by atoms with Gasteiger partial charge in [-0.3, -0.25) is 9.78 Å². The van der Waals surface area contributed by atoms with E-state index in [0.717, 1.165) is 58.9 Å². The van der Waals surface area contributed by atoms with E-state index >= 15 is 0 Å². The van der Waals surface area contributed by atoms with E-state index in [1.807, 2.05) is 33.9 Å². The quantitative estimate of drug-likeness (QED) is 0.0959. The van der Waals surface area contributed by atoms with E-state index in [9.17, 15) is 9.90 Å². The van der Waals surface area contributed by atoms with Gasteiger partial charge in [-0.1, -0.05) is 111 Å². The molecule has 5 heteroatoms. The maximum Gasteiger partial charge on any atom is 0.162 e. The average Bonchev–Trinajstić information content (AvgIpc) is 3.46. The summed E-state index contributed by atoms with van der Waals surface area (Å²) in [4.78, 5) is 16.6. The van der Waals surface area contributed by atoms with Crippen LogP contribution in [0.5, 0.6) is 0 Å². The van der Waals surface area contributed by atoms with E-state index in [0.29, 0.717) is 0 Å². The zero-order valence-electron chi connectivity index (χ0n) is 32.7. The van der Waals surface area contributed by atoms with Crippen LogP contribution in [0.25, 0.3) is 44.0 Å². The number of ketones is 1. The van der Waals surface area contributed by atoms with Gasteiger partial charge in [0.15, 0.2) is 5.78 Å². The van der Waals surface area contributed by atoms with Gasteiger partial charge in [0, 0.05) is 60.7 Å². The van der Waals surface area contributed by atoms with Crippen LogP contribution < -0.4 is 0 Å². The van der Waals surface area contributed by atoms with Gasteiger partial charge in [0.2, 0.25) is 0 Å². The Morgan fingerprint density at radius 2 is 1.53 bits per heavy atom. The third-order valence-electron chi connectivity index (χ3n) is 11.3. The second-order valence-corrected chi connectivity index (χ2v) is 16.7. The Labute approximate surface area is 319 Å². The van der Waals surface area contributed by atoms with Crippen molar-refractivity contribution in [2.75, 3.05) is 0 Å². The van der Waals surface area contributed by atoms with Gasteiger partial charge in [0.05, 0.1) is 5.76 Å². The van der Waals surface area contributed by atoms with E-state index in [1.54, 1.807) is 0 Å². The Kier molecular flexibility index (Phi) is 12.5. The van der Waals surface area contributed by atoms with Crippen molar-refractivity contribution in [3.05, 3.63) is 89.3 Å². The van der Waals surface area contributed by atoms with Crippen molar-refractivity contribution < 1.29 is 34.4 Å². The standard InChI is InChI=1S/C33H34NO.C13H24O2.Ir/c1-31(2,3)25-19-21(18-20-10-8-9-11-22(20)25)29-30-23(14-17-34-29)27-26(35-30)13-12-24-28(27)33(6,7)16-15-32(24,4)5;1-5-10(6-2)12(14)9-13(15)11(7-3)8-4;/h8-14,17,19H,15-16H2,1-7H3;9-11,14H,5-8H2,1-4H3;/q-1;;/b;12-9-;. The summed E-state index contributed by atoms with van der Waals surface area (Å²) in [6.07, 6.45) is 9.21. The number of benzene rings is 3. The van der Waals surface area contributed by atoms with Gasteiger partial charge in [0.25, 0.3) is 0 Å². The van der Waals surface area contributed by atoms with Crippen LogP contribution in [0.3, 0.4) is 0 Å². The number of hydrogen-bond acceptors (Lipinski definition) is 4. The molecule has 1 aliphatic carbocycles. The largest absolute Gasteiger partial charge is 0.512 e. The molecule has 0 saturated carbocycles. The summed E-state index contributed by atoms with van der Waals surface area (Å²) < 4.78 is 6.62. The zero-order valence-corrected chi connectivity index (χ0v) is 35.1. The number of aliphatic hydroxyl groups excluding tert-OH is 1. The molecule has 1 radical (unpaired) electrons. The van der Waals surface area contributed by atoms with Crippen LogP contribution >= 0.6 is 0 Å². The van der Waals surface area contributed by atoms with Crippen molar-refractivity contribution >= 4 is 38.5 Å².